The summed E-state index contributed by atoms with van der Waals surface area (Å²) in [5, 5.41) is 7.73. The highest BCUT2D eigenvalue weighted by Gasteiger charge is 2.35. The molecule has 0 bridgehead atoms. The first kappa shape index (κ1) is 20.0. The molecule has 1 aromatic heterocycles. The van der Waals surface area contributed by atoms with Gasteiger partial charge in [-0.15, -0.1) is 11.3 Å². The Morgan fingerprint density at radius 1 is 1.20 bits per heavy atom. The number of para-hydroxylation sites is 2. The summed E-state index contributed by atoms with van der Waals surface area (Å²) in [6.45, 7) is 0.407. The number of hydrogen-bond donors (Lipinski definition) is 2. The van der Waals surface area contributed by atoms with Crippen LogP contribution in [0.25, 0.3) is 0 Å². The molecule has 1 unspecified atom stereocenters. The molecule has 1 aromatic carbocycles. The van der Waals surface area contributed by atoms with Crippen LogP contribution in [0.5, 0.6) is 0 Å². The van der Waals surface area contributed by atoms with Crippen LogP contribution < -0.4 is 15.5 Å². The third-order valence-corrected chi connectivity index (χ3v) is 5.85. The molecule has 0 radical (unpaired) electrons. The highest BCUT2D eigenvalue weighted by molar-refractivity contribution is 7.13. The van der Waals surface area contributed by atoms with Crippen LogP contribution in [0.3, 0.4) is 0 Å². The van der Waals surface area contributed by atoms with Crippen molar-refractivity contribution in [2.45, 2.75) is 31.7 Å². The van der Waals surface area contributed by atoms with E-state index >= 15 is 0 Å². The van der Waals surface area contributed by atoms with Gasteiger partial charge in [-0.1, -0.05) is 12.1 Å². The molecule has 30 heavy (non-hydrogen) atoms. The minimum Gasteiger partial charge on any atom is -0.331 e. The second kappa shape index (κ2) is 8.62. The van der Waals surface area contributed by atoms with Crippen LogP contribution in [-0.4, -0.2) is 52.6 Å². The molecule has 1 atom stereocenters. The third kappa shape index (κ3) is 4.18. The lowest BCUT2D eigenvalue weighted by atomic mass is 10.1. The highest BCUT2D eigenvalue weighted by Crippen LogP contribution is 2.29. The quantitative estimate of drug-likeness (QED) is 0.756. The molecule has 156 valence electrons. The number of fused-ring (bicyclic) bond motifs is 1. The molecule has 10 heteroatoms. The van der Waals surface area contributed by atoms with E-state index in [1.165, 1.54) is 21.1 Å². The number of aromatic nitrogens is 1. The summed E-state index contributed by atoms with van der Waals surface area (Å²) in [4.78, 5) is 56.9. The maximum absolute atomic E-state index is 12.7. The van der Waals surface area contributed by atoms with E-state index in [-0.39, 0.29) is 43.0 Å². The average molecular weight is 427 g/mol. The fraction of sp³-hybridized carbons (Fsp3) is 0.350. The van der Waals surface area contributed by atoms with Crippen molar-refractivity contribution < 1.29 is 19.2 Å². The Morgan fingerprint density at radius 3 is 2.80 bits per heavy atom. The van der Waals surface area contributed by atoms with Crippen molar-refractivity contribution in [2.24, 2.45) is 0 Å². The third-order valence-electron chi connectivity index (χ3n) is 5.16. The van der Waals surface area contributed by atoms with Gasteiger partial charge >= 0.3 is 0 Å². The Hall–Kier alpha value is -3.27. The number of benzene rings is 1. The van der Waals surface area contributed by atoms with Crippen LogP contribution in [0.15, 0.2) is 35.8 Å². The summed E-state index contributed by atoms with van der Waals surface area (Å²) in [7, 11) is 0. The van der Waals surface area contributed by atoms with Gasteiger partial charge in [-0.3, -0.25) is 19.2 Å². The summed E-state index contributed by atoms with van der Waals surface area (Å²) in [6, 6.07) is 6.50. The minimum absolute atomic E-state index is 0.0137. The van der Waals surface area contributed by atoms with Gasteiger partial charge in [0.05, 0.1) is 11.4 Å². The summed E-state index contributed by atoms with van der Waals surface area (Å²) >= 11 is 1.31. The van der Waals surface area contributed by atoms with Gasteiger partial charge in [0.25, 0.3) is 0 Å². The van der Waals surface area contributed by atoms with Crippen molar-refractivity contribution >= 4 is 51.5 Å². The van der Waals surface area contributed by atoms with Crippen molar-refractivity contribution in [1.29, 1.82) is 0 Å². The lowest BCUT2D eigenvalue weighted by Crippen LogP contribution is -2.44. The number of rotatable bonds is 5. The zero-order valence-electron chi connectivity index (χ0n) is 16.2. The summed E-state index contributed by atoms with van der Waals surface area (Å²) in [5.41, 5.74) is 1.20. The van der Waals surface area contributed by atoms with E-state index in [4.69, 9.17) is 0 Å². The van der Waals surface area contributed by atoms with Crippen molar-refractivity contribution in [2.75, 3.05) is 28.6 Å². The van der Waals surface area contributed by atoms with E-state index in [1.807, 2.05) is 0 Å². The van der Waals surface area contributed by atoms with E-state index in [0.29, 0.717) is 29.5 Å². The number of carbonyl (C=O) groups is 4. The van der Waals surface area contributed by atoms with Gasteiger partial charge in [0.1, 0.15) is 12.6 Å². The van der Waals surface area contributed by atoms with Crippen LogP contribution >= 0.6 is 11.3 Å². The average Bonchev–Trinajstić information content (AvgIpc) is 3.43. The number of thiazole rings is 1. The highest BCUT2D eigenvalue weighted by atomic mass is 32.1. The molecule has 1 fully saturated rings. The Balaban J connectivity index is 1.36. The maximum Gasteiger partial charge on any atom is 0.248 e. The number of amides is 4. The molecule has 3 heterocycles. The molecule has 9 nitrogen and oxygen atoms in total. The zero-order chi connectivity index (χ0) is 21.1. The second-order valence-corrected chi connectivity index (χ2v) is 8.01. The first-order valence-corrected chi connectivity index (χ1v) is 10.6. The van der Waals surface area contributed by atoms with Crippen LogP contribution in [0, 0.1) is 0 Å². The zero-order valence-corrected chi connectivity index (χ0v) is 17.0. The van der Waals surface area contributed by atoms with E-state index in [0.717, 1.165) is 6.42 Å². The fourth-order valence-corrected chi connectivity index (χ4v) is 4.29. The molecule has 2 N–H and O–H groups in total. The Bertz CT molecular complexity index is 977. The molecule has 4 rings (SSSR count). The first-order valence-electron chi connectivity index (χ1n) is 9.72. The van der Waals surface area contributed by atoms with Gasteiger partial charge in [0.2, 0.25) is 23.6 Å². The largest absolute Gasteiger partial charge is 0.331 e. The van der Waals surface area contributed by atoms with Crippen LogP contribution in [0.4, 0.5) is 16.5 Å². The van der Waals surface area contributed by atoms with Crippen molar-refractivity contribution in [3.8, 4) is 0 Å². The number of nitrogens with one attached hydrogen (secondary N) is 2. The Labute approximate surface area is 177 Å². The normalized spacial score (nSPS) is 18.0. The van der Waals surface area contributed by atoms with Crippen LogP contribution in [0.1, 0.15) is 25.7 Å². The molecule has 1 saturated heterocycles. The Kier molecular flexibility index (Phi) is 5.75. The SMILES string of the molecule is O=C1CN(C(=O)CCC(=O)N2CCCC2C(=O)Nc2nccs2)c2ccccc2N1. The van der Waals surface area contributed by atoms with Crippen molar-refractivity contribution in [3.63, 3.8) is 0 Å². The predicted molar refractivity (Wildman–Crippen MR) is 112 cm³/mol. The lowest BCUT2D eigenvalue weighted by Gasteiger charge is -2.29. The number of likely N-dealkylation sites (tertiary alicyclic amines) is 1. The standard InChI is InChI=1S/C20H21N5O4S/c26-16-12-25(14-5-2-1-4-13(14)22-16)18(28)8-7-17(27)24-10-3-6-15(24)19(29)23-20-21-9-11-30-20/h1-2,4-5,9,11,15H,3,6-8,10,12H2,(H,22,26)(H,21,23,29). The van der Waals surface area contributed by atoms with Gasteiger partial charge < -0.3 is 20.4 Å². The molecule has 2 aliphatic rings. The molecule has 2 aliphatic heterocycles. The monoisotopic (exact) mass is 427 g/mol. The van der Waals surface area contributed by atoms with Crippen molar-refractivity contribution in [3.05, 3.63) is 35.8 Å². The van der Waals surface area contributed by atoms with Gasteiger partial charge in [-0.05, 0) is 25.0 Å². The lowest BCUT2D eigenvalue weighted by molar-refractivity contribution is -0.137. The molecule has 2 aromatic rings. The van der Waals surface area contributed by atoms with Crippen LogP contribution in [0.2, 0.25) is 0 Å². The number of anilines is 3. The van der Waals surface area contributed by atoms with Gasteiger partial charge in [-0.2, -0.15) is 0 Å². The summed E-state index contributed by atoms with van der Waals surface area (Å²) < 4.78 is 0. The van der Waals surface area contributed by atoms with Gasteiger partial charge in [0.15, 0.2) is 5.13 Å². The van der Waals surface area contributed by atoms with E-state index in [2.05, 4.69) is 15.6 Å². The number of nitrogens with zero attached hydrogens (tertiary/aromatic N) is 3. The second-order valence-electron chi connectivity index (χ2n) is 7.12. The first-order chi connectivity index (χ1) is 14.5. The predicted octanol–water partition coefficient (Wildman–Crippen LogP) is 1.84. The fourth-order valence-electron chi connectivity index (χ4n) is 3.76. The smallest absolute Gasteiger partial charge is 0.248 e. The maximum atomic E-state index is 12.7. The molecule has 0 aliphatic carbocycles. The Morgan fingerprint density at radius 2 is 2.00 bits per heavy atom. The van der Waals surface area contributed by atoms with Gasteiger partial charge in [-0.25, -0.2) is 4.98 Å². The summed E-state index contributed by atoms with van der Waals surface area (Å²) in [6.07, 6.45) is 2.87. The van der Waals surface area contributed by atoms with E-state index in [9.17, 15) is 19.2 Å². The molecule has 4 amide bonds. The molecule has 0 saturated carbocycles. The van der Waals surface area contributed by atoms with E-state index < -0.39 is 6.04 Å². The summed E-state index contributed by atoms with van der Waals surface area (Å²) in [5.74, 6) is -1.07. The van der Waals surface area contributed by atoms with Crippen molar-refractivity contribution in [1.82, 2.24) is 9.88 Å². The number of carbonyl (C=O) groups excluding carboxylic acids is 4. The minimum atomic E-state index is -0.557. The topological polar surface area (TPSA) is 112 Å². The van der Waals surface area contributed by atoms with Gasteiger partial charge in [0, 0.05) is 31.0 Å². The number of hydrogen-bond acceptors (Lipinski definition) is 6. The van der Waals surface area contributed by atoms with Crippen LogP contribution in [-0.2, 0) is 19.2 Å². The molecule has 0 spiro atoms. The van der Waals surface area contributed by atoms with E-state index in [1.54, 1.807) is 35.8 Å². The molecular weight excluding hydrogens is 406 g/mol. The molecular formula is C20H21N5O4S.